The maximum atomic E-state index is 12.6. The number of hydrogen-bond acceptors (Lipinski definition) is 5. The van der Waals surface area contributed by atoms with Crippen molar-refractivity contribution in [2.75, 3.05) is 5.32 Å². The van der Waals surface area contributed by atoms with Gasteiger partial charge >= 0.3 is 0 Å². The number of nitrogens with one attached hydrogen (secondary N) is 1. The average Bonchev–Trinajstić information content (AvgIpc) is 3.10. The molecule has 1 aromatic heterocycles. The van der Waals surface area contributed by atoms with Gasteiger partial charge < -0.3 is 4.74 Å². The van der Waals surface area contributed by atoms with Gasteiger partial charge in [0.15, 0.2) is 6.10 Å². The Morgan fingerprint density at radius 1 is 1.07 bits per heavy atom. The number of nitrogens with zero attached hydrogens (tertiary/aromatic N) is 2. The molecule has 0 fully saturated rings. The van der Waals surface area contributed by atoms with Crippen LogP contribution < -0.4 is 10.1 Å². The van der Waals surface area contributed by atoms with E-state index in [0.717, 1.165) is 27.4 Å². The number of carbonyl (C=O) groups excluding carboxylic acids is 1. The summed E-state index contributed by atoms with van der Waals surface area (Å²) in [4.78, 5) is 12.6. The van der Waals surface area contributed by atoms with E-state index in [1.807, 2.05) is 70.2 Å². The summed E-state index contributed by atoms with van der Waals surface area (Å²) in [5.74, 6) is 0.504. The Kier molecular flexibility index (Phi) is 5.86. The summed E-state index contributed by atoms with van der Waals surface area (Å²) < 4.78 is 5.93. The Labute approximate surface area is 163 Å². The van der Waals surface area contributed by atoms with Gasteiger partial charge in [0.05, 0.1) is 0 Å². The molecule has 0 radical (unpaired) electrons. The molecule has 1 heterocycles. The molecule has 5 nitrogen and oxygen atoms in total. The molecule has 0 aliphatic carbocycles. The third-order valence-corrected chi connectivity index (χ3v) is 5.10. The van der Waals surface area contributed by atoms with Crippen LogP contribution in [0.25, 0.3) is 10.6 Å². The highest BCUT2D eigenvalue weighted by atomic mass is 32.1. The van der Waals surface area contributed by atoms with Gasteiger partial charge in [0.25, 0.3) is 5.91 Å². The fraction of sp³-hybridized carbons (Fsp3) is 0.286. The van der Waals surface area contributed by atoms with Gasteiger partial charge in [-0.25, -0.2) is 0 Å². The van der Waals surface area contributed by atoms with Crippen LogP contribution in [0.15, 0.2) is 42.5 Å². The van der Waals surface area contributed by atoms with Gasteiger partial charge in [-0.2, -0.15) is 0 Å². The first-order valence-corrected chi connectivity index (χ1v) is 9.73. The lowest BCUT2D eigenvalue weighted by atomic mass is 10.1. The molecule has 1 atom stereocenters. The molecule has 0 aliphatic heterocycles. The van der Waals surface area contributed by atoms with Crippen molar-refractivity contribution >= 4 is 22.4 Å². The van der Waals surface area contributed by atoms with Gasteiger partial charge in [-0.15, -0.1) is 10.2 Å². The molecule has 6 heteroatoms. The van der Waals surface area contributed by atoms with Crippen molar-refractivity contribution in [3.63, 3.8) is 0 Å². The number of ether oxygens (including phenoxy) is 1. The summed E-state index contributed by atoms with van der Waals surface area (Å²) in [6, 6.07) is 14.0. The SMILES string of the molecule is CCC(Oc1ccc(C)cc1C)C(=O)Nc1nnc(-c2ccc(C)cc2)s1. The van der Waals surface area contributed by atoms with E-state index in [2.05, 4.69) is 15.5 Å². The number of aromatic nitrogens is 2. The lowest BCUT2D eigenvalue weighted by molar-refractivity contribution is -0.122. The van der Waals surface area contributed by atoms with Crippen molar-refractivity contribution in [1.82, 2.24) is 10.2 Å². The first-order valence-electron chi connectivity index (χ1n) is 8.91. The molecule has 3 rings (SSSR count). The Bertz CT molecular complexity index is 935. The second-order valence-electron chi connectivity index (χ2n) is 6.55. The van der Waals surface area contributed by atoms with Crippen LogP contribution in [0.1, 0.15) is 30.0 Å². The highest BCUT2D eigenvalue weighted by Crippen LogP contribution is 2.27. The Morgan fingerprint density at radius 2 is 1.78 bits per heavy atom. The van der Waals surface area contributed by atoms with Gasteiger partial charge in [-0.1, -0.05) is 65.8 Å². The van der Waals surface area contributed by atoms with E-state index in [1.54, 1.807) is 0 Å². The summed E-state index contributed by atoms with van der Waals surface area (Å²) >= 11 is 1.35. The number of benzene rings is 2. The standard InChI is InChI=1S/C21H23N3O2S/c1-5-17(26-18-11-8-14(3)12-15(18)4)19(25)22-21-24-23-20(27-21)16-9-6-13(2)7-10-16/h6-12,17H,5H2,1-4H3,(H,22,24,25). The summed E-state index contributed by atoms with van der Waals surface area (Å²) in [6.45, 7) is 7.97. The molecule has 0 saturated heterocycles. The minimum Gasteiger partial charge on any atom is -0.480 e. The summed E-state index contributed by atoms with van der Waals surface area (Å²) in [5.41, 5.74) is 4.34. The van der Waals surface area contributed by atoms with Crippen LogP contribution in [0.2, 0.25) is 0 Å². The smallest absolute Gasteiger partial charge is 0.267 e. The van der Waals surface area contributed by atoms with Crippen molar-refractivity contribution in [2.45, 2.75) is 40.2 Å². The van der Waals surface area contributed by atoms with E-state index in [1.165, 1.54) is 16.9 Å². The van der Waals surface area contributed by atoms with Crippen molar-refractivity contribution in [1.29, 1.82) is 0 Å². The number of amides is 1. The van der Waals surface area contributed by atoms with Gasteiger partial charge in [0.1, 0.15) is 10.8 Å². The highest BCUT2D eigenvalue weighted by molar-refractivity contribution is 7.18. The molecule has 3 aromatic rings. The maximum Gasteiger partial charge on any atom is 0.267 e. The first kappa shape index (κ1) is 19.0. The highest BCUT2D eigenvalue weighted by Gasteiger charge is 2.21. The number of aryl methyl sites for hydroxylation is 3. The minimum atomic E-state index is -0.585. The van der Waals surface area contributed by atoms with Crippen molar-refractivity contribution in [2.24, 2.45) is 0 Å². The predicted octanol–water partition coefficient (Wildman–Crippen LogP) is 4.93. The minimum absolute atomic E-state index is 0.218. The zero-order valence-electron chi connectivity index (χ0n) is 15.9. The van der Waals surface area contributed by atoms with Gasteiger partial charge in [0, 0.05) is 5.56 Å². The number of anilines is 1. The Morgan fingerprint density at radius 3 is 2.44 bits per heavy atom. The zero-order chi connectivity index (χ0) is 19.4. The maximum absolute atomic E-state index is 12.6. The van der Waals surface area contributed by atoms with Gasteiger partial charge in [0.2, 0.25) is 5.13 Å². The van der Waals surface area contributed by atoms with E-state index < -0.39 is 6.10 Å². The second-order valence-corrected chi connectivity index (χ2v) is 7.53. The lowest BCUT2D eigenvalue weighted by Crippen LogP contribution is -2.32. The molecule has 0 aliphatic rings. The predicted molar refractivity (Wildman–Crippen MR) is 109 cm³/mol. The van der Waals surface area contributed by atoms with Crippen molar-refractivity contribution in [3.8, 4) is 16.3 Å². The average molecular weight is 382 g/mol. The summed E-state index contributed by atoms with van der Waals surface area (Å²) in [5, 5.41) is 12.3. The molecule has 2 aromatic carbocycles. The molecular formula is C21H23N3O2S. The monoisotopic (exact) mass is 381 g/mol. The quantitative estimate of drug-likeness (QED) is 0.658. The molecule has 140 valence electrons. The van der Waals surface area contributed by atoms with Crippen LogP contribution in [0.4, 0.5) is 5.13 Å². The summed E-state index contributed by atoms with van der Waals surface area (Å²) in [6.07, 6.45) is -0.0268. The number of carbonyl (C=O) groups is 1. The van der Waals surface area contributed by atoms with Crippen LogP contribution >= 0.6 is 11.3 Å². The molecule has 1 N–H and O–H groups in total. The zero-order valence-corrected chi connectivity index (χ0v) is 16.8. The number of rotatable bonds is 6. The Balaban J connectivity index is 1.69. The molecule has 0 saturated carbocycles. The van der Waals surface area contributed by atoms with Gasteiger partial charge in [-0.05, 0) is 38.8 Å². The largest absolute Gasteiger partial charge is 0.480 e. The van der Waals surface area contributed by atoms with Crippen LogP contribution in [0.5, 0.6) is 5.75 Å². The summed E-state index contributed by atoms with van der Waals surface area (Å²) in [7, 11) is 0. The third-order valence-electron chi connectivity index (χ3n) is 4.22. The normalized spacial score (nSPS) is 11.9. The fourth-order valence-corrected chi connectivity index (χ4v) is 3.43. The third kappa shape index (κ3) is 4.71. The number of hydrogen-bond donors (Lipinski definition) is 1. The molecule has 0 bridgehead atoms. The first-order chi connectivity index (χ1) is 13.0. The van der Waals surface area contributed by atoms with E-state index in [0.29, 0.717) is 11.6 Å². The van der Waals surface area contributed by atoms with E-state index >= 15 is 0 Å². The van der Waals surface area contributed by atoms with Crippen molar-refractivity contribution < 1.29 is 9.53 Å². The van der Waals surface area contributed by atoms with Crippen LogP contribution in [0, 0.1) is 20.8 Å². The molecule has 0 spiro atoms. The van der Waals surface area contributed by atoms with Gasteiger partial charge in [-0.3, -0.25) is 10.1 Å². The lowest BCUT2D eigenvalue weighted by Gasteiger charge is -2.18. The van der Waals surface area contributed by atoms with Crippen LogP contribution in [0.3, 0.4) is 0 Å². The Hall–Kier alpha value is -2.73. The molecular weight excluding hydrogens is 358 g/mol. The van der Waals surface area contributed by atoms with E-state index in [4.69, 9.17) is 4.74 Å². The van der Waals surface area contributed by atoms with Crippen LogP contribution in [-0.2, 0) is 4.79 Å². The second kappa shape index (κ2) is 8.31. The van der Waals surface area contributed by atoms with E-state index in [9.17, 15) is 4.79 Å². The molecule has 1 unspecified atom stereocenters. The van der Waals surface area contributed by atoms with E-state index in [-0.39, 0.29) is 5.91 Å². The molecule has 27 heavy (non-hydrogen) atoms. The van der Waals surface area contributed by atoms with Crippen molar-refractivity contribution in [3.05, 3.63) is 59.2 Å². The fourth-order valence-electron chi connectivity index (χ4n) is 2.68. The topological polar surface area (TPSA) is 64.1 Å². The molecule has 1 amide bonds. The van der Waals surface area contributed by atoms with Crippen LogP contribution in [-0.4, -0.2) is 22.2 Å².